The lowest BCUT2D eigenvalue weighted by Crippen LogP contribution is -2.01. The number of imidazole rings is 1. The van der Waals surface area contributed by atoms with Gasteiger partial charge in [0.2, 0.25) is 0 Å². The first-order chi connectivity index (χ1) is 13.5. The number of aromatic carboxylic acids is 1. The van der Waals surface area contributed by atoms with Crippen LogP contribution in [0.25, 0.3) is 22.2 Å². The zero-order chi connectivity index (χ0) is 19.7. The number of carboxylic acid groups (broad SMARTS) is 1. The highest BCUT2D eigenvalue weighted by atomic mass is 35.5. The van der Waals surface area contributed by atoms with Gasteiger partial charge in [-0.25, -0.2) is 9.78 Å². The van der Waals surface area contributed by atoms with Gasteiger partial charge >= 0.3 is 5.97 Å². The van der Waals surface area contributed by atoms with E-state index in [2.05, 4.69) is 15.3 Å². The van der Waals surface area contributed by atoms with Crippen LogP contribution in [0.4, 0.5) is 5.69 Å². The van der Waals surface area contributed by atoms with Gasteiger partial charge in [-0.1, -0.05) is 41.9 Å². The minimum Gasteiger partial charge on any atom is -0.478 e. The maximum absolute atomic E-state index is 11.8. The van der Waals surface area contributed by atoms with E-state index in [1.54, 1.807) is 6.07 Å². The monoisotopic (exact) mass is 391 g/mol. The number of aromatic amines is 1. The van der Waals surface area contributed by atoms with E-state index >= 15 is 0 Å². The summed E-state index contributed by atoms with van der Waals surface area (Å²) < 4.78 is 0. The first-order valence-electron chi connectivity index (χ1n) is 8.82. The minimum atomic E-state index is -1.02. The second-order valence-corrected chi connectivity index (χ2v) is 7.02. The molecule has 3 N–H and O–H groups in total. The van der Waals surface area contributed by atoms with Crippen LogP contribution in [-0.4, -0.2) is 21.0 Å². The van der Waals surface area contributed by atoms with E-state index in [1.807, 2.05) is 61.5 Å². The third-order valence-corrected chi connectivity index (χ3v) is 4.85. The number of nitrogens with one attached hydrogen (secondary N) is 2. The average Bonchev–Trinajstić information content (AvgIpc) is 3.09. The molecule has 1 aromatic heterocycles. The zero-order valence-corrected chi connectivity index (χ0v) is 15.9. The molecule has 0 aliphatic heterocycles. The van der Waals surface area contributed by atoms with Crippen LogP contribution in [-0.2, 0) is 6.54 Å². The van der Waals surface area contributed by atoms with Crippen molar-refractivity contribution in [3.05, 3.63) is 82.6 Å². The lowest BCUT2D eigenvalue weighted by atomic mass is 10.0. The molecule has 0 aliphatic rings. The third kappa shape index (κ3) is 3.57. The fourth-order valence-corrected chi connectivity index (χ4v) is 3.51. The van der Waals surface area contributed by atoms with E-state index < -0.39 is 5.97 Å². The molecular weight excluding hydrogens is 374 g/mol. The molecule has 0 saturated carbocycles. The second kappa shape index (κ2) is 7.37. The predicted molar refractivity (Wildman–Crippen MR) is 112 cm³/mol. The second-order valence-electron chi connectivity index (χ2n) is 6.61. The molecule has 0 amide bonds. The van der Waals surface area contributed by atoms with Crippen molar-refractivity contribution < 1.29 is 9.90 Å². The van der Waals surface area contributed by atoms with Gasteiger partial charge in [0.1, 0.15) is 11.3 Å². The number of nitrogens with zero attached hydrogens (tertiary/aromatic N) is 1. The standard InChI is InChI=1S/C22H18ClN3O2/c1-13-7-8-16(18(23)9-13)14-10-17(22(27)28)21-19(11-14)25-20(26-21)12-24-15-5-3-2-4-6-15/h2-11,24H,12H2,1H3,(H,25,26)(H,27,28). The van der Waals surface area contributed by atoms with Gasteiger partial charge in [0.25, 0.3) is 0 Å². The van der Waals surface area contributed by atoms with Crippen molar-refractivity contribution in [2.24, 2.45) is 0 Å². The normalized spacial score (nSPS) is 10.9. The Morgan fingerprint density at radius 1 is 1.14 bits per heavy atom. The third-order valence-electron chi connectivity index (χ3n) is 4.54. The number of benzene rings is 3. The Bertz CT molecular complexity index is 1170. The number of rotatable bonds is 5. The highest BCUT2D eigenvalue weighted by molar-refractivity contribution is 6.33. The number of carboxylic acids is 1. The first-order valence-corrected chi connectivity index (χ1v) is 9.20. The van der Waals surface area contributed by atoms with Crippen molar-refractivity contribution >= 4 is 34.3 Å². The van der Waals surface area contributed by atoms with Crippen molar-refractivity contribution in [2.75, 3.05) is 5.32 Å². The lowest BCUT2D eigenvalue weighted by Gasteiger charge is -2.07. The topological polar surface area (TPSA) is 78.0 Å². The van der Waals surface area contributed by atoms with Crippen LogP contribution in [0.15, 0.2) is 60.7 Å². The van der Waals surface area contributed by atoms with E-state index in [0.29, 0.717) is 28.4 Å². The molecule has 0 radical (unpaired) electrons. The summed E-state index contributed by atoms with van der Waals surface area (Å²) in [5.41, 5.74) is 4.78. The number of para-hydroxylation sites is 1. The Labute approximate surface area is 167 Å². The van der Waals surface area contributed by atoms with Gasteiger partial charge in [0.05, 0.1) is 17.6 Å². The molecule has 3 aromatic carbocycles. The Hall–Kier alpha value is -3.31. The van der Waals surface area contributed by atoms with Crippen molar-refractivity contribution in [1.82, 2.24) is 9.97 Å². The van der Waals surface area contributed by atoms with Crippen LogP contribution in [0.5, 0.6) is 0 Å². The van der Waals surface area contributed by atoms with Crippen molar-refractivity contribution in [1.29, 1.82) is 0 Å². The number of carbonyl (C=O) groups is 1. The van der Waals surface area contributed by atoms with E-state index in [0.717, 1.165) is 22.4 Å². The summed E-state index contributed by atoms with van der Waals surface area (Å²) in [7, 11) is 0. The average molecular weight is 392 g/mol. The van der Waals surface area contributed by atoms with Gasteiger partial charge in [0.15, 0.2) is 0 Å². The van der Waals surface area contributed by atoms with Gasteiger partial charge in [-0.15, -0.1) is 0 Å². The minimum absolute atomic E-state index is 0.145. The molecule has 4 rings (SSSR count). The molecule has 0 bridgehead atoms. The van der Waals surface area contributed by atoms with Crippen LogP contribution < -0.4 is 5.32 Å². The van der Waals surface area contributed by atoms with Crippen molar-refractivity contribution in [2.45, 2.75) is 13.5 Å². The van der Waals surface area contributed by atoms with Crippen molar-refractivity contribution in [3.63, 3.8) is 0 Å². The molecule has 1 heterocycles. The number of hydrogen-bond donors (Lipinski definition) is 3. The molecule has 0 saturated heterocycles. The summed E-state index contributed by atoms with van der Waals surface area (Å²) in [6, 6.07) is 19.0. The number of fused-ring (bicyclic) bond motifs is 1. The largest absolute Gasteiger partial charge is 0.478 e. The molecular formula is C22H18ClN3O2. The summed E-state index contributed by atoms with van der Waals surface area (Å²) >= 11 is 6.39. The van der Waals surface area contributed by atoms with Gasteiger partial charge in [0, 0.05) is 16.3 Å². The van der Waals surface area contributed by atoms with E-state index in [1.165, 1.54) is 0 Å². The maximum Gasteiger partial charge on any atom is 0.337 e. The van der Waals surface area contributed by atoms with Crippen LogP contribution in [0.1, 0.15) is 21.7 Å². The van der Waals surface area contributed by atoms with Gasteiger partial charge in [-0.05, 0) is 48.4 Å². The van der Waals surface area contributed by atoms with Crippen molar-refractivity contribution in [3.8, 4) is 11.1 Å². The zero-order valence-electron chi connectivity index (χ0n) is 15.2. The number of aryl methyl sites for hydroxylation is 1. The molecule has 0 aliphatic carbocycles. The molecule has 0 unspecified atom stereocenters. The summed E-state index contributed by atoms with van der Waals surface area (Å²) in [6.07, 6.45) is 0. The Balaban J connectivity index is 1.74. The number of aromatic nitrogens is 2. The molecule has 0 spiro atoms. The fraction of sp³-hybridized carbons (Fsp3) is 0.0909. The quantitative estimate of drug-likeness (QED) is 0.419. The van der Waals surface area contributed by atoms with Gasteiger partial charge in [-0.2, -0.15) is 0 Å². The van der Waals surface area contributed by atoms with E-state index in [4.69, 9.17) is 11.6 Å². The predicted octanol–water partition coefficient (Wildman–Crippen LogP) is 5.50. The smallest absolute Gasteiger partial charge is 0.337 e. The summed E-state index contributed by atoms with van der Waals surface area (Å²) in [5.74, 6) is -0.363. The molecule has 6 heteroatoms. The van der Waals surface area contributed by atoms with Crippen LogP contribution in [0, 0.1) is 6.92 Å². The molecule has 4 aromatic rings. The first kappa shape index (κ1) is 18.1. The molecule has 0 fully saturated rings. The number of anilines is 1. The molecule has 28 heavy (non-hydrogen) atoms. The van der Waals surface area contributed by atoms with E-state index in [-0.39, 0.29) is 5.56 Å². The summed E-state index contributed by atoms with van der Waals surface area (Å²) in [6.45, 7) is 2.42. The van der Waals surface area contributed by atoms with Crippen LogP contribution in [0.3, 0.4) is 0 Å². The SMILES string of the molecule is Cc1ccc(-c2cc(C(=O)O)c3nc(CNc4ccccc4)[nH]c3c2)c(Cl)c1. The van der Waals surface area contributed by atoms with E-state index in [9.17, 15) is 9.90 Å². The summed E-state index contributed by atoms with van der Waals surface area (Å²) in [5, 5.41) is 13.5. The Morgan fingerprint density at radius 3 is 2.64 bits per heavy atom. The fourth-order valence-electron chi connectivity index (χ4n) is 3.17. The molecule has 5 nitrogen and oxygen atoms in total. The summed E-state index contributed by atoms with van der Waals surface area (Å²) in [4.78, 5) is 19.5. The number of H-pyrrole nitrogens is 1. The Kier molecular flexibility index (Phi) is 4.75. The maximum atomic E-state index is 11.8. The van der Waals surface area contributed by atoms with Crippen LogP contribution >= 0.6 is 11.6 Å². The van der Waals surface area contributed by atoms with Gasteiger partial charge in [-0.3, -0.25) is 0 Å². The highest BCUT2D eigenvalue weighted by Crippen LogP contribution is 2.32. The Morgan fingerprint density at radius 2 is 1.93 bits per heavy atom. The number of halogens is 1. The highest BCUT2D eigenvalue weighted by Gasteiger charge is 2.16. The van der Waals surface area contributed by atoms with Gasteiger partial charge < -0.3 is 15.4 Å². The molecule has 0 atom stereocenters. The van der Waals surface area contributed by atoms with Crippen LogP contribution in [0.2, 0.25) is 5.02 Å². The molecule has 140 valence electrons. The lowest BCUT2D eigenvalue weighted by molar-refractivity contribution is 0.0699. The number of hydrogen-bond acceptors (Lipinski definition) is 3.